The molecule has 2 aromatic carbocycles. The van der Waals surface area contributed by atoms with Gasteiger partial charge >= 0.3 is 5.97 Å². The van der Waals surface area contributed by atoms with Gasteiger partial charge in [-0.3, -0.25) is 4.79 Å². The van der Waals surface area contributed by atoms with Gasteiger partial charge in [-0.2, -0.15) is 0 Å². The lowest BCUT2D eigenvalue weighted by atomic mass is 9.66. The zero-order chi connectivity index (χ0) is 20.3. The molecule has 5 rings (SSSR count). The summed E-state index contributed by atoms with van der Waals surface area (Å²) in [6.45, 7) is 0.171. The van der Waals surface area contributed by atoms with Gasteiger partial charge in [-0.25, -0.2) is 0 Å². The van der Waals surface area contributed by atoms with E-state index in [1.54, 1.807) is 18.2 Å². The summed E-state index contributed by atoms with van der Waals surface area (Å²) in [5.74, 6) is -0.196. The number of ether oxygens (including phenoxy) is 5. The van der Waals surface area contributed by atoms with E-state index >= 15 is 0 Å². The molecule has 0 spiro atoms. The molecule has 2 heterocycles. The zero-order valence-corrected chi connectivity index (χ0v) is 15.9. The van der Waals surface area contributed by atoms with E-state index in [1.165, 1.54) is 20.3 Å². The molecule has 0 saturated carbocycles. The Hall–Kier alpha value is -3.13. The molecule has 8 nitrogen and oxygen atoms in total. The van der Waals surface area contributed by atoms with Crippen LogP contribution in [0.1, 0.15) is 28.7 Å². The van der Waals surface area contributed by atoms with Crippen molar-refractivity contribution >= 4 is 5.97 Å². The van der Waals surface area contributed by atoms with Crippen LogP contribution in [0.25, 0.3) is 0 Å². The van der Waals surface area contributed by atoms with E-state index in [0.717, 1.165) is 5.56 Å². The number of carbonyl (C=O) groups is 1. The number of esters is 1. The number of fused-ring (bicyclic) bond motifs is 3. The fourth-order valence-corrected chi connectivity index (χ4v) is 4.72. The molecule has 1 fully saturated rings. The molecule has 2 aliphatic heterocycles. The van der Waals surface area contributed by atoms with E-state index in [2.05, 4.69) is 0 Å². The standard InChI is InChI=1S/C21H20O8/c1-25-13-5-9(3-4-12(13)22)15-10-6-14-19(29-8-28-14)20(26-2)17(10)18(23)11-7-27-21(24)16(11)15/h3-6,11,15-16,18,22-23H,7-8H2,1-2H3. The number of cyclic esters (lactones) is 1. The molecule has 4 atom stereocenters. The fourth-order valence-electron chi connectivity index (χ4n) is 4.72. The number of aliphatic hydroxyl groups is 1. The maximum Gasteiger partial charge on any atom is 0.310 e. The molecular formula is C21H20O8. The van der Waals surface area contributed by atoms with Crippen molar-refractivity contribution in [3.05, 3.63) is 41.0 Å². The summed E-state index contributed by atoms with van der Waals surface area (Å²) >= 11 is 0. The Morgan fingerprint density at radius 3 is 2.69 bits per heavy atom. The number of methoxy groups -OCH3 is 2. The van der Waals surface area contributed by atoms with Crippen LogP contribution in [0.4, 0.5) is 0 Å². The molecule has 0 radical (unpaired) electrons. The third-order valence-electron chi connectivity index (χ3n) is 6.00. The van der Waals surface area contributed by atoms with E-state index in [4.69, 9.17) is 23.7 Å². The van der Waals surface area contributed by atoms with Gasteiger partial charge in [0.05, 0.1) is 32.8 Å². The van der Waals surface area contributed by atoms with Crippen LogP contribution in [0.5, 0.6) is 28.7 Å². The summed E-state index contributed by atoms with van der Waals surface area (Å²) in [6, 6.07) is 6.75. The summed E-state index contributed by atoms with van der Waals surface area (Å²) in [5.41, 5.74) is 2.02. The highest BCUT2D eigenvalue weighted by Crippen LogP contribution is 2.58. The highest BCUT2D eigenvalue weighted by molar-refractivity contribution is 5.79. The normalized spacial score (nSPS) is 26.5. The fraction of sp³-hybridized carbons (Fsp3) is 0.381. The van der Waals surface area contributed by atoms with Crippen molar-refractivity contribution in [2.45, 2.75) is 12.0 Å². The number of carbonyl (C=O) groups excluding carboxylic acids is 1. The Kier molecular flexibility index (Phi) is 3.99. The summed E-state index contributed by atoms with van der Waals surface area (Å²) in [4.78, 5) is 12.7. The number of phenols is 1. The number of phenolic OH excluding ortho intramolecular Hbond substituents is 1. The minimum Gasteiger partial charge on any atom is -0.504 e. The lowest BCUT2D eigenvalue weighted by Gasteiger charge is -2.37. The first-order valence-electron chi connectivity index (χ1n) is 9.27. The van der Waals surface area contributed by atoms with Crippen LogP contribution in [0, 0.1) is 11.8 Å². The Balaban J connectivity index is 1.78. The van der Waals surface area contributed by atoms with Crippen LogP contribution in [0.2, 0.25) is 0 Å². The Morgan fingerprint density at radius 1 is 1.10 bits per heavy atom. The molecule has 2 aromatic rings. The van der Waals surface area contributed by atoms with Crippen LogP contribution >= 0.6 is 0 Å². The smallest absolute Gasteiger partial charge is 0.310 e. The van der Waals surface area contributed by atoms with Crippen molar-refractivity contribution in [2.75, 3.05) is 27.6 Å². The van der Waals surface area contributed by atoms with E-state index in [9.17, 15) is 15.0 Å². The van der Waals surface area contributed by atoms with Gasteiger partial charge in [0.15, 0.2) is 23.0 Å². The first-order chi connectivity index (χ1) is 14.0. The maximum atomic E-state index is 12.7. The van der Waals surface area contributed by atoms with E-state index < -0.39 is 23.9 Å². The van der Waals surface area contributed by atoms with Gasteiger partial charge in [-0.05, 0) is 29.3 Å². The number of hydrogen-bond acceptors (Lipinski definition) is 8. The molecule has 1 saturated heterocycles. The molecular weight excluding hydrogens is 380 g/mol. The van der Waals surface area contributed by atoms with Gasteiger partial charge in [0.1, 0.15) is 0 Å². The molecule has 8 heteroatoms. The molecule has 0 bridgehead atoms. The zero-order valence-electron chi connectivity index (χ0n) is 15.9. The molecule has 152 valence electrons. The Bertz CT molecular complexity index is 1000. The lowest BCUT2D eigenvalue weighted by molar-refractivity contribution is -0.141. The van der Waals surface area contributed by atoms with Gasteiger partial charge in [0.25, 0.3) is 0 Å². The first kappa shape index (κ1) is 17.9. The third-order valence-corrected chi connectivity index (χ3v) is 6.00. The largest absolute Gasteiger partial charge is 0.504 e. The van der Waals surface area contributed by atoms with Crippen LogP contribution in [-0.4, -0.2) is 43.8 Å². The molecule has 0 aromatic heterocycles. The van der Waals surface area contributed by atoms with Crippen LogP contribution in [0.3, 0.4) is 0 Å². The molecule has 1 aliphatic carbocycles. The maximum absolute atomic E-state index is 12.7. The quantitative estimate of drug-likeness (QED) is 0.755. The highest BCUT2D eigenvalue weighted by Gasteiger charge is 2.53. The van der Waals surface area contributed by atoms with Crippen molar-refractivity contribution in [3.63, 3.8) is 0 Å². The van der Waals surface area contributed by atoms with Gasteiger partial charge < -0.3 is 33.9 Å². The van der Waals surface area contributed by atoms with Gasteiger partial charge in [0, 0.05) is 17.4 Å². The minimum atomic E-state index is -0.957. The Morgan fingerprint density at radius 2 is 1.93 bits per heavy atom. The van der Waals surface area contributed by atoms with Crippen molar-refractivity contribution in [2.24, 2.45) is 11.8 Å². The average Bonchev–Trinajstić information content (AvgIpc) is 3.34. The number of aliphatic hydroxyl groups excluding tert-OH is 1. The van der Waals surface area contributed by atoms with Gasteiger partial charge in [-0.15, -0.1) is 0 Å². The topological polar surface area (TPSA) is 104 Å². The summed E-state index contributed by atoms with van der Waals surface area (Å²) < 4.78 is 27.3. The highest BCUT2D eigenvalue weighted by atomic mass is 16.7. The van der Waals surface area contributed by atoms with Crippen LogP contribution < -0.4 is 18.9 Å². The SMILES string of the molecule is COc1cc(C2c3cc4c(c(OC)c3C(O)C3COC(=O)C23)OCO4)ccc1O. The second kappa shape index (κ2) is 6.45. The predicted molar refractivity (Wildman–Crippen MR) is 98.5 cm³/mol. The van der Waals surface area contributed by atoms with Gasteiger partial charge in [-0.1, -0.05) is 6.07 Å². The van der Waals surface area contributed by atoms with E-state index in [-0.39, 0.29) is 25.1 Å². The summed E-state index contributed by atoms with van der Waals surface area (Å²) in [5, 5.41) is 21.1. The summed E-state index contributed by atoms with van der Waals surface area (Å²) in [6.07, 6.45) is -0.957. The average molecular weight is 400 g/mol. The van der Waals surface area contributed by atoms with Crippen molar-refractivity contribution in [1.82, 2.24) is 0 Å². The third kappa shape index (κ3) is 2.45. The number of benzene rings is 2. The number of rotatable bonds is 3. The van der Waals surface area contributed by atoms with E-state index in [0.29, 0.717) is 34.1 Å². The predicted octanol–water partition coefficient (Wildman–Crippen LogP) is 2.11. The lowest BCUT2D eigenvalue weighted by Crippen LogP contribution is -2.35. The number of hydrogen-bond donors (Lipinski definition) is 2. The van der Waals surface area contributed by atoms with Crippen molar-refractivity contribution < 1.29 is 38.7 Å². The molecule has 4 unspecified atom stereocenters. The monoisotopic (exact) mass is 400 g/mol. The molecule has 29 heavy (non-hydrogen) atoms. The second-order valence-corrected chi connectivity index (χ2v) is 7.32. The van der Waals surface area contributed by atoms with Crippen molar-refractivity contribution in [1.29, 1.82) is 0 Å². The Labute approximate surface area is 166 Å². The molecule has 2 N–H and O–H groups in total. The molecule has 3 aliphatic rings. The second-order valence-electron chi connectivity index (χ2n) is 7.32. The number of aromatic hydroxyl groups is 1. The van der Waals surface area contributed by atoms with Crippen LogP contribution in [-0.2, 0) is 9.53 Å². The summed E-state index contributed by atoms with van der Waals surface area (Å²) in [7, 11) is 2.97. The van der Waals surface area contributed by atoms with Gasteiger partial charge in [0.2, 0.25) is 12.5 Å². The van der Waals surface area contributed by atoms with E-state index in [1.807, 2.05) is 0 Å². The van der Waals surface area contributed by atoms with Crippen molar-refractivity contribution in [3.8, 4) is 28.7 Å². The first-order valence-corrected chi connectivity index (χ1v) is 9.27. The van der Waals surface area contributed by atoms with Crippen LogP contribution in [0.15, 0.2) is 24.3 Å². The minimum absolute atomic E-state index is 0.00105. The molecule has 0 amide bonds.